The molecule has 1 saturated heterocycles. The maximum absolute atomic E-state index is 11.9. The molecule has 0 aliphatic carbocycles. The Kier molecular flexibility index (Phi) is 6.12. The molecule has 0 aromatic carbocycles. The Balaban J connectivity index is 2.50. The SMILES string of the molecule is C=CCOC(=O)N1CCC[C@H]1C(=O)OCC=C(C)C. The summed E-state index contributed by atoms with van der Waals surface area (Å²) in [6.07, 6.45) is 4.24. The Bertz CT molecular complexity index is 372. The summed E-state index contributed by atoms with van der Waals surface area (Å²) < 4.78 is 10.1. The smallest absolute Gasteiger partial charge is 0.410 e. The Morgan fingerprint density at radius 3 is 2.68 bits per heavy atom. The number of amides is 1. The molecular weight excluding hydrogens is 246 g/mol. The van der Waals surface area contributed by atoms with Crippen molar-refractivity contribution in [3.63, 3.8) is 0 Å². The minimum Gasteiger partial charge on any atom is -0.460 e. The van der Waals surface area contributed by atoms with Gasteiger partial charge in [-0.1, -0.05) is 18.2 Å². The summed E-state index contributed by atoms with van der Waals surface area (Å²) >= 11 is 0. The molecule has 0 aromatic heterocycles. The lowest BCUT2D eigenvalue weighted by Crippen LogP contribution is -2.41. The van der Waals surface area contributed by atoms with Crippen LogP contribution in [0.5, 0.6) is 0 Å². The zero-order valence-corrected chi connectivity index (χ0v) is 11.6. The van der Waals surface area contributed by atoms with E-state index in [2.05, 4.69) is 6.58 Å². The third kappa shape index (κ3) is 4.77. The quantitative estimate of drug-likeness (QED) is 0.566. The molecule has 0 N–H and O–H groups in total. The van der Waals surface area contributed by atoms with Gasteiger partial charge in [0.15, 0.2) is 0 Å². The van der Waals surface area contributed by atoms with Crippen molar-refractivity contribution in [1.29, 1.82) is 0 Å². The predicted molar refractivity (Wildman–Crippen MR) is 71.7 cm³/mol. The summed E-state index contributed by atoms with van der Waals surface area (Å²) in [7, 11) is 0. The average molecular weight is 267 g/mol. The van der Waals surface area contributed by atoms with Gasteiger partial charge in [0.1, 0.15) is 19.3 Å². The second-order valence-electron chi connectivity index (χ2n) is 4.63. The van der Waals surface area contributed by atoms with Gasteiger partial charge in [-0.05, 0) is 32.8 Å². The van der Waals surface area contributed by atoms with E-state index in [4.69, 9.17) is 9.47 Å². The molecule has 1 aliphatic heterocycles. The van der Waals surface area contributed by atoms with Gasteiger partial charge in [-0.25, -0.2) is 9.59 Å². The van der Waals surface area contributed by atoms with E-state index in [0.29, 0.717) is 13.0 Å². The van der Waals surface area contributed by atoms with Gasteiger partial charge in [-0.15, -0.1) is 0 Å². The monoisotopic (exact) mass is 267 g/mol. The topological polar surface area (TPSA) is 55.8 Å². The van der Waals surface area contributed by atoms with Crippen LogP contribution < -0.4 is 0 Å². The zero-order valence-electron chi connectivity index (χ0n) is 11.6. The highest BCUT2D eigenvalue weighted by Gasteiger charge is 2.35. The molecule has 19 heavy (non-hydrogen) atoms. The van der Waals surface area contributed by atoms with Gasteiger partial charge in [-0.3, -0.25) is 4.90 Å². The van der Waals surface area contributed by atoms with E-state index in [1.165, 1.54) is 11.0 Å². The van der Waals surface area contributed by atoms with Crippen LogP contribution in [0.2, 0.25) is 0 Å². The molecule has 0 saturated carbocycles. The Morgan fingerprint density at radius 1 is 1.32 bits per heavy atom. The normalized spacial score (nSPS) is 17.8. The van der Waals surface area contributed by atoms with E-state index in [9.17, 15) is 9.59 Å². The highest BCUT2D eigenvalue weighted by molar-refractivity contribution is 5.82. The summed E-state index contributed by atoms with van der Waals surface area (Å²) in [5, 5.41) is 0. The van der Waals surface area contributed by atoms with Crippen molar-refractivity contribution in [3.05, 3.63) is 24.3 Å². The lowest BCUT2D eigenvalue weighted by molar-refractivity contribution is -0.147. The molecule has 1 heterocycles. The average Bonchev–Trinajstić information content (AvgIpc) is 2.84. The molecule has 1 aliphatic rings. The molecule has 5 nitrogen and oxygen atoms in total. The number of ether oxygens (including phenoxy) is 2. The number of allylic oxidation sites excluding steroid dienone is 1. The fraction of sp³-hybridized carbons (Fsp3) is 0.571. The standard InChI is InChI=1S/C14H21NO4/c1-4-9-19-14(17)15-8-5-6-12(15)13(16)18-10-7-11(2)3/h4,7,12H,1,5-6,8-10H2,2-3H3/t12-/m0/s1. The number of esters is 1. The Morgan fingerprint density at radius 2 is 2.05 bits per heavy atom. The summed E-state index contributed by atoms with van der Waals surface area (Å²) in [4.78, 5) is 25.1. The van der Waals surface area contributed by atoms with Crippen molar-refractivity contribution < 1.29 is 19.1 Å². The lowest BCUT2D eigenvalue weighted by atomic mass is 10.2. The molecule has 1 rings (SSSR count). The van der Waals surface area contributed by atoms with Crippen LogP contribution >= 0.6 is 0 Å². The van der Waals surface area contributed by atoms with Crippen LogP contribution in [0.25, 0.3) is 0 Å². The first kappa shape index (κ1) is 15.3. The van der Waals surface area contributed by atoms with E-state index in [1.807, 2.05) is 19.9 Å². The number of likely N-dealkylation sites (tertiary alicyclic amines) is 1. The highest BCUT2D eigenvalue weighted by atomic mass is 16.6. The molecular formula is C14H21NO4. The van der Waals surface area contributed by atoms with Crippen LogP contribution in [-0.2, 0) is 14.3 Å². The van der Waals surface area contributed by atoms with Gasteiger partial charge >= 0.3 is 12.1 Å². The summed E-state index contributed by atoms with van der Waals surface area (Å²) in [6, 6.07) is -0.525. The number of hydrogen-bond donors (Lipinski definition) is 0. The summed E-state index contributed by atoms with van der Waals surface area (Å²) in [5.74, 6) is -0.370. The van der Waals surface area contributed by atoms with E-state index in [-0.39, 0.29) is 19.2 Å². The van der Waals surface area contributed by atoms with Gasteiger partial charge in [-0.2, -0.15) is 0 Å². The van der Waals surface area contributed by atoms with E-state index < -0.39 is 12.1 Å². The first-order valence-electron chi connectivity index (χ1n) is 6.40. The first-order valence-corrected chi connectivity index (χ1v) is 6.40. The third-order valence-electron chi connectivity index (χ3n) is 2.80. The second kappa shape index (κ2) is 7.61. The van der Waals surface area contributed by atoms with Crippen molar-refractivity contribution in [1.82, 2.24) is 4.90 Å². The molecule has 0 bridgehead atoms. The van der Waals surface area contributed by atoms with E-state index >= 15 is 0 Å². The zero-order chi connectivity index (χ0) is 14.3. The Hall–Kier alpha value is -1.78. The predicted octanol–water partition coefficient (Wildman–Crippen LogP) is 2.28. The van der Waals surface area contributed by atoms with Crippen molar-refractivity contribution in [2.24, 2.45) is 0 Å². The number of nitrogens with zero attached hydrogens (tertiary/aromatic N) is 1. The minimum absolute atomic E-state index is 0.148. The van der Waals surface area contributed by atoms with Gasteiger partial charge in [0.25, 0.3) is 0 Å². The molecule has 0 radical (unpaired) electrons. The molecule has 5 heteroatoms. The van der Waals surface area contributed by atoms with Gasteiger partial charge in [0.05, 0.1) is 0 Å². The van der Waals surface area contributed by atoms with Crippen LogP contribution in [0.4, 0.5) is 4.79 Å². The number of hydrogen-bond acceptors (Lipinski definition) is 4. The van der Waals surface area contributed by atoms with Gasteiger partial charge in [0, 0.05) is 6.54 Å². The van der Waals surface area contributed by atoms with Gasteiger partial charge < -0.3 is 9.47 Å². The minimum atomic E-state index is -0.525. The number of rotatable bonds is 5. The number of carbonyl (C=O) groups excluding carboxylic acids is 2. The number of carbonyl (C=O) groups is 2. The third-order valence-corrected chi connectivity index (χ3v) is 2.80. The van der Waals surface area contributed by atoms with Crippen LogP contribution in [0.1, 0.15) is 26.7 Å². The molecule has 0 unspecified atom stereocenters. The summed E-state index contributed by atoms with van der Waals surface area (Å²) in [6.45, 7) is 8.26. The van der Waals surface area contributed by atoms with E-state index in [0.717, 1.165) is 12.0 Å². The van der Waals surface area contributed by atoms with Crippen molar-refractivity contribution >= 4 is 12.1 Å². The highest BCUT2D eigenvalue weighted by Crippen LogP contribution is 2.19. The fourth-order valence-electron chi connectivity index (χ4n) is 1.83. The lowest BCUT2D eigenvalue weighted by Gasteiger charge is -2.22. The maximum Gasteiger partial charge on any atom is 0.410 e. The molecule has 106 valence electrons. The van der Waals surface area contributed by atoms with Crippen molar-refractivity contribution in [2.75, 3.05) is 19.8 Å². The van der Waals surface area contributed by atoms with Crippen molar-refractivity contribution in [3.8, 4) is 0 Å². The van der Waals surface area contributed by atoms with Crippen LogP contribution in [0, 0.1) is 0 Å². The van der Waals surface area contributed by atoms with Gasteiger partial charge in [0.2, 0.25) is 0 Å². The molecule has 1 atom stereocenters. The largest absolute Gasteiger partial charge is 0.460 e. The van der Waals surface area contributed by atoms with Crippen LogP contribution in [0.15, 0.2) is 24.3 Å². The van der Waals surface area contributed by atoms with Crippen molar-refractivity contribution in [2.45, 2.75) is 32.7 Å². The maximum atomic E-state index is 11.9. The van der Waals surface area contributed by atoms with Crippen LogP contribution in [0.3, 0.4) is 0 Å². The molecule has 1 amide bonds. The Labute approximate surface area is 113 Å². The fourth-order valence-corrected chi connectivity index (χ4v) is 1.83. The first-order chi connectivity index (χ1) is 9.06. The van der Waals surface area contributed by atoms with E-state index in [1.54, 1.807) is 0 Å². The second-order valence-corrected chi connectivity index (χ2v) is 4.63. The summed E-state index contributed by atoms with van der Waals surface area (Å²) in [5.41, 5.74) is 1.08. The molecule has 1 fully saturated rings. The molecule has 0 spiro atoms. The molecule has 0 aromatic rings. The van der Waals surface area contributed by atoms with Crippen LogP contribution in [-0.4, -0.2) is 42.8 Å².